The minimum absolute atomic E-state index is 0. The smallest absolute Gasteiger partial charge is 0.221 e. The molecular weight excluding hydrogens is 248 g/mol. The van der Waals surface area contributed by atoms with E-state index in [1.54, 1.807) is 0 Å². The molecule has 0 aliphatic rings. The SMILES string of the molecule is CC(=O)Nc1ccc(F)cc1Br.[Na]. The van der Waals surface area contributed by atoms with Gasteiger partial charge in [-0.1, -0.05) is 0 Å². The van der Waals surface area contributed by atoms with E-state index in [4.69, 9.17) is 0 Å². The maximum absolute atomic E-state index is 12.5. The predicted octanol–water partition coefficient (Wildman–Crippen LogP) is 2.17. The summed E-state index contributed by atoms with van der Waals surface area (Å²) in [5.74, 6) is -0.515. The molecule has 1 rings (SSSR count). The van der Waals surface area contributed by atoms with E-state index < -0.39 is 0 Å². The molecule has 1 aromatic rings. The Balaban J connectivity index is 0.00000144. The minimum atomic E-state index is -0.337. The fraction of sp³-hybridized carbons (Fsp3) is 0.125. The number of hydrogen-bond donors (Lipinski definition) is 1. The zero-order valence-corrected chi connectivity index (χ0v) is 11.0. The van der Waals surface area contributed by atoms with Gasteiger partial charge in [0, 0.05) is 41.0 Å². The molecule has 0 aromatic heterocycles. The zero-order chi connectivity index (χ0) is 9.14. The van der Waals surface area contributed by atoms with Gasteiger partial charge < -0.3 is 5.32 Å². The van der Waals surface area contributed by atoms with Crippen molar-refractivity contribution in [3.63, 3.8) is 0 Å². The third kappa shape index (κ3) is 4.22. The fourth-order valence-corrected chi connectivity index (χ4v) is 1.23. The molecule has 2 nitrogen and oxygen atoms in total. The van der Waals surface area contributed by atoms with Gasteiger partial charge in [0.05, 0.1) is 5.69 Å². The maximum Gasteiger partial charge on any atom is 0.221 e. The van der Waals surface area contributed by atoms with Crippen LogP contribution in [0.2, 0.25) is 0 Å². The number of halogens is 2. The molecule has 0 spiro atoms. The Labute approximate surface area is 106 Å². The Morgan fingerprint density at radius 2 is 2.15 bits per heavy atom. The largest absolute Gasteiger partial charge is 0.325 e. The molecule has 13 heavy (non-hydrogen) atoms. The van der Waals surface area contributed by atoms with E-state index in [0.717, 1.165) is 0 Å². The van der Waals surface area contributed by atoms with Crippen LogP contribution in [0.3, 0.4) is 0 Å². The van der Waals surface area contributed by atoms with E-state index in [1.165, 1.54) is 25.1 Å². The number of rotatable bonds is 1. The number of carbonyl (C=O) groups is 1. The van der Waals surface area contributed by atoms with Crippen molar-refractivity contribution < 1.29 is 9.18 Å². The first kappa shape index (κ1) is 13.1. The molecule has 0 heterocycles. The van der Waals surface area contributed by atoms with E-state index in [0.29, 0.717) is 10.2 Å². The standard InChI is InChI=1S/C8H7BrFNO.Na/c1-5(12)11-8-3-2-6(10)4-7(8)9;/h2-4H,1H3,(H,11,12);. The van der Waals surface area contributed by atoms with E-state index in [2.05, 4.69) is 21.2 Å². The number of amides is 1. The second-order valence-corrected chi connectivity index (χ2v) is 3.16. The molecule has 0 atom stereocenters. The number of anilines is 1. The molecular formula is C8H7BrFNNaO. The summed E-state index contributed by atoms with van der Waals surface area (Å²) in [4.78, 5) is 10.6. The van der Waals surface area contributed by atoms with Crippen molar-refractivity contribution in [2.24, 2.45) is 0 Å². The topological polar surface area (TPSA) is 29.1 Å². The summed E-state index contributed by atoms with van der Waals surface area (Å²) >= 11 is 3.12. The normalized spacial score (nSPS) is 8.85. The quantitative estimate of drug-likeness (QED) is 0.765. The average molecular weight is 255 g/mol. The predicted molar refractivity (Wildman–Crippen MR) is 54.2 cm³/mol. The molecule has 1 radical (unpaired) electrons. The number of benzene rings is 1. The zero-order valence-electron chi connectivity index (χ0n) is 7.40. The number of carbonyl (C=O) groups excluding carboxylic acids is 1. The van der Waals surface area contributed by atoms with Crippen LogP contribution in [0.15, 0.2) is 22.7 Å². The van der Waals surface area contributed by atoms with Crippen LogP contribution >= 0.6 is 15.9 Å². The summed E-state index contributed by atoms with van der Waals surface area (Å²) in [5, 5.41) is 2.55. The first-order chi connectivity index (χ1) is 5.59. The molecule has 5 heteroatoms. The molecule has 1 amide bonds. The Kier molecular flexibility index (Phi) is 5.80. The molecule has 1 N–H and O–H groups in total. The average Bonchev–Trinajstić information content (AvgIpc) is 1.94. The second-order valence-electron chi connectivity index (χ2n) is 2.31. The maximum atomic E-state index is 12.5. The van der Waals surface area contributed by atoms with Gasteiger partial charge in [-0.15, -0.1) is 0 Å². The van der Waals surface area contributed by atoms with Crippen LogP contribution in [0.1, 0.15) is 6.92 Å². The van der Waals surface area contributed by atoms with Gasteiger partial charge in [0.2, 0.25) is 5.91 Å². The summed E-state index contributed by atoms with van der Waals surface area (Å²) in [6.45, 7) is 1.40. The summed E-state index contributed by atoms with van der Waals surface area (Å²) in [6, 6.07) is 4.09. The molecule has 65 valence electrons. The molecule has 0 bridgehead atoms. The van der Waals surface area contributed by atoms with Crippen LogP contribution in [-0.4, -0.2) is 35.5 Å². The van der Waals surface area contributed by atoms with Crippen molar-refractivity contribution in [3.8, 4) is 0 Å². The molecule has 0 saturated carbocycles. The van der Waals surface area contributed by atoms with E-state index in [9.17, 15) is 9.18 Å². The summed E-state index contributed by atoms with van der Waals surface area (Å²) < 4.78 is 13.1. The van der Waals surface area contributed by atoms with Crippen LogP contribution in [-0.2, 0) is 4.79 Å². The first-order valence-corrected chi connectivity index (χ1v) is 4.11. The summed E-state index contributed by atoms with van der Waals surface area (Å²) in [7, 11) is 0. The van der Waals surface area contributed by atoms with Gasteiger partial charge >= 0.3 is 0 Å². The van der Waals surface area contributed by atoms with Gasteiger partial charge in [0.1, 0.15) is 5.82 Å². The minimum Gasteiger partial charge on any atom is -0.325 e. The van der Waals surface area contributed by atoms with Gasteiger partial charge in [0.25, 0.3) is 0 Å². The Bertz CT molecular complexity index is 319. The van der Waals surface area contributed by atoms with E-state index in [1.807, 2.05) is 0 Å². The number of hydrogen-bond acceptors (Lipinski definition) is 1. The van der Waals surface area contributed by atoms with Crippen LogP contribution in [0, 0.1) is 5.82 Å². The summed E-state index contributed by atoms with van der Waals surface area (Å²) in [6.07, 6.45) is 0. The van der Waals surface area contributed by atoms with Crippen LogP contribution < -0.4 is 5.32 Å². The Hall–Kier alpha value is 0.100. The van der Waals surface area contributed by atoms with Crippen molar-refractivity contribution in [1.82, 2.24) is 0 Å². The van der Waals surface area contributed by atoms with E-state index >= 15 is 0 Å². The molecule has 0 aliphatic carbocycles. The molecule has 1 aromatic carbocycles. The van der Waals surface area contributed by atoms with Crippen molar-refractivity contribution in [3.05, 3.63) is 28.5 Å². The second kappa shape index (κ2) is 5.75. The van der Waals surface area contributed by atoms with Crippen LogP contribution in [0.4, 0.5) is 10.1 Å². The summed E-state index contributed by atoms with van der Waals surface area (Å²) in [5.41, 5.74) is 0.573. The van der Waals surface area contributed by atoms with Crippen molar-refractivity contribution >= 4 is 57.1 Å². The van der Waals surface area contributed by atoms with Gasteiger partial charge in [-0.05, 0) is 34.1 Å². The monoisotopic (exact) mass is 254 g/mol. The van der Waals surface area contributed by atoms with E-state index in [-0.39, 0.29) is 41.3 Å². The third-order valence-corrected chi connectivity index (χ3v) is 1.90. The molecule has 0 fully saturated rings. The number of nitrogens with one attached hydrogen (secondary N) is 1. The Morgan fingerprint density at radius 1 is 1.54 bits per heavy atom. The molecule has 0 unspecified atom stereocenters. The van der Waals surface area contributed by atoms with Crippen molar-refractivity contribution in [1.29, 1.82) is 0 Å². The van der Waals surface area contributed by atoms with Crippen molar-refractivity contribution in [2.75, 3.05) is 5.32 Å². The Morgan fingerprint density at radius 3 is 2.62 bits per heavy atom. The van der Waals surface area contributed by atoms with Gasteiger partial charge in [-0.3, -0.25) is 4.79 Å². The molecule has 0 aliphatic heterocycles. The van der Waals surface area contributed by atoms with Gasteiger partial charge in [-0.2, -0.15) is 0 Å². The van der Waals surface area contributed by atoms with Crippen LogP contribution in [0.25, 0.3) is 0 Å². The van der Waals surface area contributed by atoms with Crippen molar-refractivity contribution in [2.45, 2.75) is 6.92 Å². The third-order valence-electron chi connectivity index (χ3n) is 1.24. The van der Waals surface area contributed by atoms with Gasteiger partial charge in [-0.25, -0.2) is 4.39 Å². The fourth-order valence-electron chi connectivity index (χ4n) is 0.780. The van der Waals surface area contributed by atoms with Gasteiger partial charge in [0.15, 0.2) is 0 Å². The first-order valence-electron chi connectivity index (χ1n) is 3.32. The van der Waals surface area contributed by atoms with Crippen LogP contribution in [0.5, 0.6) is 0 Å². The molecule has 0 saturated heterocycles.